The van der Waals surface area contributed by atoms with Crippen LogP contribution in [0.3, 0.4) is 0 Å². The van der Waals surface area contributed by atoms with Crippen molar-refractivity contribution < 1.29 is 9.47 Å². The Hall–Kier alpha value is -0.120. The maximum Gasteiger partial charge on any atom is 0.174 e. The predicted octanol–water partition coefficient (Wildman–Crippen LogP) is 0.877. The van der Waals surface area contributed by atoms with Gasteiger partial charge in [-0.05, 0) is 12.8 Å². The predicted molar refractivity (Wildman–Crippen MR) is 43.2 cm³/mol. The summed E-state index contributed by atoms with van der Waals surface area (Å²) in [5, 5.41) is 0. The molecular formula is C8H17NO2. The highest BCUT2D eigenvalue weighted by molar-refractivity contribution is 4.92. The van der Waals surface area contributed by atoms with E-state index in [-0.39, 0.29) is 11.8 Å². The van der Waals surface area contributed by atoms with Gasteiger partial charge in [0, 0.05) is 14.2 Å². The fourth-order valence-electron chi connectivity index (χ4n) is 1.83. The number of rotatable bonds is 3. The second-order valence-corrected chi connectivity index (χ2v) is 3.24. The van der Waals surface area contributed by atoms with Gasteiger partial charge in [0.15, 0.2) is 6.29 Å². The summed E-state index contributed by atoms with van der Waals surface area (Å²) in [6.07, 6.45) is 4.18. The molecule has 1 aliphatic rings. The van der Waals surface area contributed by atoms with Gasteiger partial charge in [0.2, 0.25) is 0 Å². The monoisotopic (exact) mass is 159 g/mol. The van der Waals surface area contributed by atoms with Crippen LogP contribution in [0.4, 0.5) is 0 Å². The summed E-state index contributed by atoms with van der Waals surface area (Å²) in [4.78, 5) is 0. The lowest BCUT2D eigenvalue weighted by molar-refractivity contribution is -0.145. The van der Waals surface area contributed by atoms with E-state index < -0.39 is 0 Å². The molecule has 0 bridgehead atoms. The van der Waals surface area contributed by atoms with Crippen LogP contribution < -0.4 is 5.73 Å². The molecule has 66 valence electrons. The van der Waals surface area contributed by atoms with E-state index >= 15 is 0 Å². The molecule has 0 amide bonds. The molecule has 0 unspecified atom stereocenters. The summed E-state index contributed by atoms with van der Waals surface area (Å²) in [6, 6.07) is 0. The van der Waals surface area contributed by atoms with E-state index in [9.17, 15) is 0 Å². The maximum absolute atomic E-state index is 6.07. The highest BCUT2D eigenvalue weighted by Crippen LogP contribution is 2.31. The number of ether oxygens (including phenoxy) is 2. The quantitative estimate of drug-likeness (QED) is 0.622. The third-order valence-electron chi connectivity index (χ3n) is 2.43. The fourth-order valence-corrected chi connectivity index (χ4v) is 1.83. The Morgan fingerprint density at radius 3 is 2.00 bits per heavy atom. The lowest BCUT2D eigenvalue weighted by Crippen LogP contribution is -2.50. The molecule has 0 heterocycles. The van der Waals surface area contributed by atoms with Crippen LogP contribution in [0.1, 0.15) is 25.7 Å². The summed E-state index contributed by atoms with van der Waals surface area (Å²) in [5.41, 5.74) is 5.84. The van der Waals surface area contributed by atoms with Crippen LogP contribution in [0, 0.1) is 0 Å². The molecule has 1 saturated carbocycles. The third-order valence-corrected chi connectivity index (χ3v) is 2.43. The molecule has 0 saturated heterocycles. The second kappa shape index (κ2) is 3.52. The average Bonchev–Trinajstić information content (AvgIpc) is 2.39. The van der Waals surface area contributed by atoms with Crippen LogP contribution in [0.15, 0.2) is 0 Å². The zero-order valence-corrected chi connectivity index (χ0v) is 7.30. The van der Waals surface area contributed by atoms with E-state index in [2.05, 4.69) is 0 Å². The Kier molecular flexibility index (Phi) is 2.87. The largest absolute Gasteiger partial charge is 0.354 e. The molecule has 11 heavy (non-hydrogen) atoms. The van der Waals surface area contributed by atoms with Crippen molar-refractivity contribution in [1.29, 1.82) is 0 Å². The number of nitrogens with two attached hydrogens (primary N) is 1. The van der Waals surface area contributed by atoms with E-state index in [0.29, 0.717) is 0 Å². The first-order chi connectivity index (χ1) is 5.23. The summed E-state index contributed by atoms with van der Waals surface area (Å²) >= 11 is 0. The van der Waals surface area contributed by atoms with Crippen LogP contribution in [-0.4, -0.2) is 26.0 Å². The number of hydrogen-bond acceptors (Lipinski definition) is 3. The van der Waals surface area contributed by atoms with E-state index in [0.717, 1.165) is 12.8 Å². The van der Waals surface area contributed by atoms with Crippen LogP contribution >= 0.6 is 0 Å². The van der Waals surface area contributed by atoms with E-state index in [1.807, 2.05) is 0 Å². The van der Waals surface area contributed by atoms with Gasteiger partial charge in [-0.15, -0.1) is 0 Å². The van der Waals surface area contributed by atoms with Crippen molar-refractivity contribution in [2.75, 3.05) is 14.2 Å². The molecule has 0 aromatic heterocycles. The Morgan fingerprint density at radius 2 is 1.64 bits per heavy atom. The summed E-state index contributed by atoms with van der Waals surface area (Å²) in [6.45, 7) is 0. The Balaban J connectivity index is 2.53. The van der Waals surface area contributed by atoms with Crippen molar-refractivity contribution >= 4 is 0 Å². The van der Waals surface area contributed by atoms with Crippen LogP contribution in [0.2, 0.25) is 0 Å². The minimum absolute atomic E-state index is 0.231. The van der Waals surface area contributed by atoms with Crippen LogP contribution in [0.25, 0.3) is 0 Å². The molecule has 3 heteroatoms. The topological polar surface area (TPSA) is 44.5 Å². The normalized spacial score (nSPS) is 22.9. The molecule has 0 aromatic rings. The zero-order chi connectivity index (χ0) is 8.32. The first-order valence-electron chi connectivity index (χ1n) is 4.07. The van der Waals surface area contributed by atoms with Crippen molar-refractivity contribution in [1.82, 2.24) is 0 Å². The van der Waals surface area contributed by atoms with Gasteiger partial charge in [-0.2, -0.15) is 0 Å². The molecule has 1 aliphatic carbocycles. The Morgan fingerprint density at radius 1 is 1.18 bits per heavy atom. The van der Waals surface area contributed by atoms with E-state index in [4.69, 9.17) is 15.2 Å². The molecule has 0 radical (unpaired) electrons. The van der Waals surface area contributed by atoms with E-state index in [1.165, 1.54) is 12.8 Å². The molecule has 3 nitrogen and oxygen atoms in total. The second-order valence-electron chi connectivity index (χ2n) is 3.24. The van der Waals surface area contributed by atoms with Gasteiger partial charge in [-0.1, -0.05) is 12.8 Å². The molecule has 0 atom stereocenters. The van der Waals surface area contributed by atoms with E-state index in [1.54, 1.807) is 14.2 Å². The smallest absolute Gasteiger partial charge is 0.174 e. The molecule has 1 fully saturated rings. The number of methoxy groups -OCH3 is 2. The lowest BCUT2D eigenvalue weighted by Gasteiger charge is -2.31. The van der Waals surface area contributed by atoms with Crippen LogP contribution in [-0.2, 0) is 9.47 Å². The van der Waals surface area contributed by atoms with Gasteiger partial charge >= 0.3 is 0 Å². The molecule has 1 rings (SSSR count). The average molecular weight is 159 g/mol. The molecule has 2 N–H and O–H groups in total. The van der Waals surface area contributed by atoms with Gasteiger partial charge in [0.05, 0.1) is 5.54 Å². The fraction of sp³-hybridized carbons (Fsp3) is 1.00. The van der Waals surface area contributed by atoms with Gasteiger partial charge < -0.3 is 15.2 Å². The molecule has 0 aliphatic heterocycles. The van der Waals surface area contributed by atoms with Gasteiger partial charge in [0.1, 0.15) is 0 Å². The molecular weight excluding hydrogens is 142 g/mol. The Labute approximate surface area is 67.9 Å². The van der Waals surface area contributed by atoms with Crippen molar-refractivity contribution in [3.05, 3.63) is 0 Å². The zero-order valence-electron chi connectivity index (χ0n) is 7.30. The van der Waals surface area contributed by atoms with Gasteiger partial charge in [-0.3, -0.25) is 0 Å². The first kappa shape index (κ1) is 8.97. The van der Waals surface area contributed by atoms with Crippen LogP contribution in [0.5, 0.6) is 0 Å². The molecule has 0 spiro atoms. The maximum atomic E-state index is 6.07. The van der Waals surface area contributed by atoms with Gasteiger partial charge in [-0.25, -0.2) is 0 Å². The minimum atomic E-state index is -0.233. The minimum Gasteiger partial charge on any atom is -0.354 e. The highest BCUT2D eigenvalue weighted by atomic mass is 16.7. The first-order valence-corrected chi connectivity index (χ1v) is 4.07. The summed E-state index contributed by atoms with van der Waals surface area (Å²) < 4.78 is 10.3. The van der Waals surface area contributed by atoms with Crippen molar-refractivity contribution in [3.63, 3.8) is 0 Å². The highest BCUT2D eigenvalue weighted by Gasteiger charge is 2.38. The number of hydrogen-bond donors (Lipinski definition) is 1. The lowest BCUT2D eigenvalue weighted by atomic mass is 9.98. The SMILES string of the molecule is COC(OC)C1(N)CCCC1. The van der Waals surface area contributed by atoms with Crippen molar-refractivity contribution in [2.45, 2.75) is 37.5 Å². The summed E-state index contributed by atoms with van der Waals surface area (Å²) in [7, 11) is 3.28. The van der Waals surface area contributed by atoms with Gasteiger partial charge in [0.25, 0.3) is 0 Å². The van der Waals surface area contributed by atoms with Crippen molar-refractivity contribution in [3.8, 4) is 0 Å². The van der Waals surface area contributed by atoms with Crippen molar-refractivity contribution in [2.24, 2.45) is 5.73 Å². The summed E-state index contributed by atoms with van der Waals surface area (Å²) in [5.74, 6) is 0. The molecule has 0 aromatic carbocycles. The standard InChI is InChI=1S/C8H17NO2/c1-10-7(11-2)8(9)5-3-4-6-8/h7H,3-6,9H2,1-2H3. The Bertz CT molecular complexity index is 117. The third kappa shape index (κ3) is 1.72.